The number of unbranched alkanes of at least 4 members (excludes halogenated alkanes) is 45. The second kappa shape index (κ2) is 58.7. The Kier molecular flexibility index (Phi) is 57.5. The molecule has 1 amide bonds. The summed E-state index contributed by atoms with van der Waals surface area (Å²) in [5.41, 5.74) is 0. The third-order valence-corrected chi connectivity index (χ3v) is 16.6. The number of quaternary nitrogens is 1. The number of nitrogens with zero attached hydrogens (tertiary/aromatic N) is 1. The standard InChI is InChI=1S/C68H133N2O7P/c1-7-10-13-16-19-22-25-28-30-32-33-34-35-36-37-39-40-42-45-48-51-54-57-60-67(71)69-65(64-76-78(73,74)75-63-62-70(4,5)6)66(59-56-53-50-47-44-27-24-21-18-15-12-9-3)77-68(72)61-58-55-52-49-46-43-41-38-31-29-26-23-20-17-14-11-8-2/h29,31,56,59,65-66H,7-28,30,32-55,57-58,60-64H2,1-6H3,(H-,69,71,73,74)/p+1/b31-29+,59-56+. The Hall–Kier alpha value is -1.51. The number of allylic oxidation sites excluding steroid dienone is 3. The molecule has 3 unspecified atom stereocenters. The molecule has 0 aliphatic rings. The van der Waals surface area contributed by atoms with Gasteiger partial charge >= 0.3 is 13.8 Å². The van der Waals surface area contributed by atoms with Gasteiger partial charge in [0.05, 0.1) is 33.8 Å². The molecule has 0 saturated carbocycles. The zero-order valence-electron chi connectivity index (χ0n) is 52.9. The lowest BCUT2D eigenvalue weighted by atomic mass is 10.0. The highest BCUT2D eigenvalue weighted by Gasteiger charge is 2.30. The van der Waals surface area contributed by atoms with Crippen LogP contribution < -0.4 is 5.32 Å². The number of likely N-dealkylation sites (N-methyl/N-ethyl adjacent to an activating group) is 1. The van der Waals surface area contributed by atoms with Gasteiger partial charge in [-0.05, 0) is 57.4 Å². The van der Waals surface area contributed by atoms with Crippen LogP contribution in [-0.4, -0.2) is 74.3 Å². The Labute approximate surface area is 485 Å². The first-order valence-electron chi connectivity index (χ1n) is 34.2. The number of phosphoric acid groups is 1. The van der Waals surface area contributed by atoms with Crippen LogP contribution in [0, 0.1) is 0 Å². The predicted molar refractivity (Wildman–Crippen MR) is 337 cm³/mol. The van der Waals surface area contributed by atoms with Crippen LogP contribution in [0.5, 0.6) is 0 Å². The lowest BCUT2D eigenvalue weighted by molar-refractivity contribution is -0.870. The van der Waals surface area contributed by atoms with E-state index in [0.29, 0.717) is 23.9 Å². The molecule has 0 rings (SSSR count). The van der Waals surface area contributed by atoms with E-state index in [1.54, 1.807) is 0 Å². The molecule has 78 heavy (non-hydrogen) atoms. The van der Waals surface area contributed by atoms with Crippen molar-refractivity contribution in [2.24, 2.45) is 0 Å². The van der Waals surface area contributed by atoms with E-state index in [0.717, 1.165) is 57.8 Å². The Morgan fingerprint density at radius 2 is 0.744 bits per heavy atom. The molecule has 0 saturated heterocycles. The lowest BCUT2D eigenvalue weighted by Gasteiger charge is -2.27. The molecule has 0 spiro atoms. The third kappa shape index (κ3) is 59.1. The number of nitrogens with one attached hydrogen (secondary N) is 1. The largest absolute Gasteiger partial charge is 0.472 e. The molecule has 0 fully saturated rings. The summed E-state index contributed by atoms with van der Waals surface area (Å²) in [6, 6.07) is -0.845. The topological polar surface area (TPSA) is 111 Å². The summed E-state index contributed by atoms with van der Waals surface area (Å²) in [7, 11) is 1.51. The summed E-state index contributed by atoms with van der Waals surface area (Å²) in [6.45, 7) is 7.06. The summed E-state index contributed by atoms with van der Waals surface area (Å²) < 4.78 is 30.8. The van der Waals surface area contributed by atoms with Gasteiger partial charge in [-0.15, -0.1) is 0 Å². The van der Waals surface area contributed by atoms with Crippen LogP contribution in [0.25, 0.3) is 0 Å². The first-order chi connectivity index (χ1) is 37.9. The van der Waals surface area contributed by atoms with Crippen molar-refractivity contribution in [3.8, 4) is 0 Å². The van der Waals surface area contributed by atoms with Gasteiger partial charge in [-0.2, -0.15) is 0 Å². The fourth-order valence-corrected chi connectivity index (χ4v) is 11.1. The minimum absolute atomic E-state index is 0.0434. The number of rotatable bonds is 63. The normalized spacial score (nSPS) is 13.7. The van der Waals surface area contributed by atoms with Crippen molar-refractivity contribution < 1.29 is 37.3 Å². The molecule has 10 heteroatoms. The van der Waals surface area contributed by atoms with Crippen molar-refractivity contribution in [1.82, 2.24) is 5.32 Å². The van der Waals surface area contributed by atoms with Crippen molar-refractivity contribution in [3.05, 3.63) is 24.3 Å². The molecule has 0 aliphatic heterocycles. The molecular formula is C68H134N2O7P+. The van der Waals surface area contributed by atoms with E-state index in [2.05, 4.69) is 38.2 Å². The number of carbonyl (C=O) groups excluding carboxylic acids is 2. The van der Waals surface area contributed by atoms with Crippen molar-refractivity contribution in [1.29, 1.82) is 0 Å². The molecule has 0 aromatic rings. The number of hydrogen-bond donors (Lipinski definition) is 2. The number of ether oxygens (including phenoxy) is 1. The smallest absolute Gasteiger partial charge is 0.456 e. The Morgan fingerprint density at radius 1 is 0.436 bits per heavy atom. The molecular weight excluding hydrogens is 988 g/mol. The van der Waals surface area contributed by atoms with Gasteiger partial charge in [0, 0.05) is 12.8 Å². The zero-order valence-corrected chi connectivity index (χ0v) is 53.8. The van der Waals surface area contributed by atoms with Crippen LogP contribution in [0.15, 0.2) is 24.3 Å². The van der Waals surface area contributed by atoms with Crippen LogP contribution in [0.3, 0.4) is 0 Å². The summed E-state index contributed by atoms with van der Waals surface area (Å²) >= 11 is 0. The quantitative estimate of drug-likeness (QED) is 0.0205. The second-order valence-corrected chi connectivity index (χ2v) is 26.2. The van der Waals surface area contributed by atoms with Gasteiger partial charge in [-0.25, -0.2) is 4.57 Å². The predicted octanol–water partition coefficient (Wildman–Crippen LogP) is 21.3. The molecule has 9 nitrogen and oxygen atoms in total. The van der Waals surface area contributed by atoms with E-state index in [1.807, 2.05) is 33.3 Å². The van der Waals surface area contributed by atoms with E-state index in [4.69, 9.17) is 13.8 Å². The molecule has 0 aromatic carbocycles. The van der Waals surface area contributed by atoms with Gasteiger partial charge in [0.25, 0.3) is 0 Å². The third-order valence-electron chi connectivity index (χ3n) is 15.6. The molecule has 2 N–H and O–H groups in total. The van der Waals surface area contributed by atoms with E-state index in [9.17, 15) is 19.0 Å². The van der Waals surface area contributed by atoms with Gasteiger partial charge in [0.1, 0.15) is 19.3 Å². The van der Waals surface area contributed by atoms with Crippen molar-refractivity contribution in [2.45, 2.75) is 360 Å². The maximum absolute atomic E-state index is 13.6. The number of phosphoric ester groups is 1. The van der Waals surface area contributed by atoms with E-state index in [-0.39, 0.29) is 25.1 Å². The van der Waals surface area contributed by atoms with Crippen LogP contribution in [-0.2, 0) is 27.9 Å². The number of esters is 1. The van der Waals surface area contributed by atoms with Gasteiger partial charge in [0.15, 0.2) is 0 Å². The van der Waals surface area contributed by atoms with Gasteiger partial charge in [-0.1, -0.05) is 302 Å². The molecule has 3 atom stereocenters. The summed E-state index contributed by atoms with van der Waals surface area (Å²) in [5.74, 6) is -0.490. The van der Waals surface area contributed by atoms with E-state index < -0.39 is 20.0 Å². The molecule has 0 radical (unpaired) electrons. The molecule has 0 heterocycles. The van der Waals surface area contributed by atoms with Crippen molar-refractivity contribution in [3.63, 3.8) is 0 Å². The first kappa shape index (κ1) is 76.5. The van der Waals surface area contributed by atoms with Crippen LogP contribution in [0.2, 0.25) is 0 Å². The summed E-state index contributed by atoms with van der Waals surface area (Å²) in [4.78, 5) is 37.8. The highest BCUT2D eigenvalue weighted by molar-refractivity contribution is 7.47. The van der Waals surface area contributed by atoms with Crippen LogP contribution in [0.4, 0.5) is 0 Å². The van der Waals surface area contributed by atoms with Crippen LogP contribution >= 0.6 is 7.82 Å². The maximum atomic E-state index is 13.6. The minimum Gasteiger partial charge on any atom is -0.456 e. The van der Waals surface area contributed by atoms with Gasteiger partial charge in [-0.3, -0.25) is 18.6 Å². The zero-order chi connectivity index (χ0) is 57.2. The molecule has 0 aromatic heterocycles. The summed E-state index contributed by atoms with van der Waals surface area (Å²) in [6.07, 6.45) is 70.4. The summed E-state index contributed by atoms with van der Waals surface area (Å²) in [5, 5.41) is 3.07. The fourth-order valence-electron chi connectivity index (χ4n) is 10.4. The Morgan fingerprint density at radius 3 is 1.09 bits per heavy atom. The van der Waals surface area contributed by atoms with E-state index >= 15 is 0 Å². The number of hydrogen-bond acceptors (Lipinski definition) is 6. The number of amides is 1. The highest BCUT2D eigenvalue weighted by atomic mass is 31.2. The van der Waals surface area contributed by atoms with Gasteiger partial charge < -0.3 is 19.4 Å². The average molecular weight is 1120 g/mol. The minimum atomic E-state index is -4.45. The monoisotopic (exact) mass is 1120 g/mol. The average Bonchev–Trinajstić information content (AvgIpc) is 3.40. The van der Waals surface area contributed by atoms with E-state index in [1.165, 1.54) is 257 Å². The Bertz CT molecular complexity index is 1380. The van der Waals surface area contributed by atoms with Crippen molar-refractivity contribution >= 4 is 19.7 Å². The first-order valence-corrected chi connectivity index (χ1v) is 35.7. The second-order valence-electron chi connectivity index (χ2n) is 24.7. The fraction of sp³-hybridized carbons (Fsp3) is 0.912. The molecule has 0 aliphatic carbocycles. The highest BCUT2D eigenvalue weighted by Crippen LogP contribution is 2.43. The van der Waals surface area contributed by atoms with Crippen molar-refractivity contribution in [2.75, 3.05) is 40.9 Å². The molecule has 462 valence electrons. The van der Waals surface area contributed by atoms with Crippen LogP contribution in [0.1, 0.15) is 348 Å². The van der Waals surface area contributed by atoms with Gasteiger partial charge in [0.2, 0.25) is 5.91 Å². The molecule has 0 bridgehead atoms. The SMILES string of the molecule is CCCCCCCC/C=C/CCCCCCCCCC(=O)OC(/C=C/CCCCCCCCCCCC)C(COP(=O)(O)OCC[N+](C)(C)C)NC(=O)CCCCCCCCCCCCCCCCCCCCCCCCC. The number of carbonyl (C=O) groups is 2. The lowest BCUT2D eigenvalue weighted by Crippen LogP contribution is -2.47. The maximum Gasteiger partial charge on any atom is 0.472 e. The Balaban J connectivity index is 5.08.